The van der Waals surface area contributed by atoms with Crippen molar-refractivity contribution in [3.63, 3.8) is 0 Å². The Labute approximate surface area is 188 Å². The molecule has 1 aliphatic rings. The number of esters is 1. The number of carbonyl (C=O) groups excluding carboxylic acids is 3. The van der Waals surface area contributed by atoms with Gasteiger partial charge >= 0.3 is 5.97 Å². The number of carbonyl (C=O) groups is 3. The van der Waals surface area contributed by atoms with Crippen LogP contribution in [0.2, 0.25) is 0 Å². The average Bonchev–Trinajstić information content (AvgIpc) is 3.36. The molecule has 166 valence electrons. The van der Waals surface area contributed by atoms with E-state index >= 15 is 0 Å². The number of Topliss-reactive ketones (excluding diaryl/α,β-unsaturated/α-hetero) is 2. The Morgan fingerprint density at radius 2 is 1.84 bits per heavy atom. The molecule has 1 saturated heterocycles. The second-order valence-corrected chi connectivity index (χ2v) is 7.87. The van der Waals surface area contributed by atoms with Crippen LogP contribution in [0.25, 0.3) is 5.70 Å². The number of ketones is 2. The van der Waals surface area contributed by atoms with Crippen molar-refractivity contribution in [1.29, 1.82) is 5.26 Å². The number of rotatable bonds is 9. The Balaban J connectivity index is 1.70. The van der Waals surface area contributed by atoms with Gasteiger partial charge in [-0.3, -0.25) is 14.4 Å². The van der Waals surface area contributed by atoms with Gasteiger partial charge in [-0.2, -0.15) is 5.26 Å². The first-order chi connectivity index (χ1) is 15.5. The Kier molecular flexibility index (Phi) is 8.25. The maximum absolute atomic E-state index is 13.4. The molecule has 1 aliphatic heterocycles. The first-order valence-electron chi connectivity index (χ1n) is 9.98. The lowest BCUT2D eigenvalue weighted by molar-refractivity contribution is -0.146. The van der Waals surface area contributed by atoms with E-state index in [1.807, 2.05) is 11.0 Å². The van der Waals surface area contributed by atoms with Gasteiger partial charge < -0.3 is 14.4 Å². The molecule has 7 nitrogen and oxygen atoms in total. The SMILES string of the molecule is N#C/C(C(=O)COC(=O)CCC(=O)c1cccs1)=C(/c1ccc(F)cc1)N1CCOCC1. The van der Waals surface area contributed by atoms with Gasteiger partial charge in [0.15, 0.2) is 12.4 Å². The second-order valence-electron chi connectivity index (χ2n) is 6.93. The summed E-state index contributed by atoms with van der Waals surface area (Å²) in [6.45, 7) is 1.13. The molecule has 1 aromatic carbocycles. The van der Waals surface area contributed by atoms with Crippen LogP contribution in [0.3, 0.4) is 0 Å². The van der Waals surface area contributed by atoms with Crippen molar-refractivity contribution in [3.05, 3.63) is 63.6 Å². The Morgan fingerprint density at radius 3 is 2.47 bits per heavy atom. The van der Waals surface area contributed by atoms with E-state index in [1.165, 1.54) is 35.6 Å². The molecule has 0 unspecified atom stereocenters. The van der Waals surface area contributed by atoms with Gasteiger partial charge in [0.1, 0.15) is 17.5 Å². The number of hydrogen-bond acceptors (Lipinski definition) is 8. The minimum Gasteiger partial charge on any atom is -0.457 e. The standard InChI is InChI=1S/C23H21FN2O5S/c24-17-5-3-16(4-6-17)23(26-9-11-30-12-10-26)18(14-25)20(28)15-31-22(29)8-7-19(27)21-2-1-13-32-21/h1-6,13H,7-12,15H2/b23-18+. The molecular weight excluding hydrogens is 435 g/mol. The molecule has 3 rings (SSSR count). The van der Waals surface area contributed by atoms with Crippen molar-refractivity contribution in [3.8, 4) is 6.07 Å². The highest BCUT2D eigenvalue weighted by molar-refractivity contribution is 7.12. The molecule has 2 aromatic rings. The summed E-state index contributed by atoms with van der Waals surface area (Å²) in [6.07, 6.45) is -0.188. The van der Waals surface area contributed by atoms with E-state index in [4.69, 9.17) is 9.47 Å². The number of thiophene rings is 1. The largest absolute Gasteiger partial charge is 0.457 e. The molecule has 32 heavy (non-hydrogen) atoms. The molecule has 0 saturated carbocycles. The highest BCUT2D eigenvalue weighted by Gasteiger charge is 2.24. The van der Waals surface area contributed by atoms with E-state index < -0.39 is 24.2 Å². The minimum absolute atomic E-state index is 0.0247. The van der Waals surface area contributed by atoms with Crippen molar-refractivity contribution in [2.75, 3.05) is 32.9 Å². The first kappa shape index (κ1) is 23.3. The third-order valence-electron chi connectivity index (χ3n) is 4.79. The summed E-state index contributed by atoms with van der Waals surface area (Å²) in [5.74, 6) is -1.98. The van der Waals surface area contributed by atoms with Crippen molar-refractivity contribution >= 4 is 34.6 Å². The number of halogens is 1. The molecule has 2 heterocycles. The molecular formula is C23H21FN2O5S. The molecule has 0 spiro atoms. The fourth-order valence-corrected chi connectivity index (χ4v) is 3.89. The van der Waals surface area contributed by atoms with Crippen LogP contribution in [0.5, 0.6) is 0 Å². The number of ether oxygens (including phenoxy) is 2. The molecule has 0 bridgehead atoms. The molecule has 0 atom stereocenters. The number of nitrogens with zero attached hydrogens (tertiary/aromatic N) is 2. The zero-order valence-electron chi connectivity index (χ0n) is 17.2. The summed E-state index contributed by atoms with van der Waals surface area (Å²) in [7, 11) is 0. The molecule has 0 N–H and O–H groups in total. The predicted octanol–water partition coefficient (Wildman–Crippen LogP) is 3.23. The monoisotopic (exact) mass is 456 g/mol. The van der Waals surface area contributed by atoms with Crippen LogP contribution in [0.1, 0.15) is 28.1 Å². The molecule has 1 aromatic heterocycles. The van der Waals surface area contributed by atoms with E-state index in [1.54, 1.807) is 17.5 Å². The zero-order chi connectivity index (χ0) is 22.9. The Bertz CT molecular complexity index is 1040. The highest BCUT2D eigenvalue weighted by atomic mass is 32.1. The number of morpholine rings is 1. The highest BCUT2D eigenvalue weighted by Crippen LogP contribution is 2.25. The number of nitriles is 1. The van der Waals surface area contributed by atoms with Crippen LogP contribution in [-0.4, -0.2) is 55.3 Å². The normalized spacial score (nSPS) is 14.3. The van der Waals surface area contributed by atoms with Gasteiger partial charge in [0.2, 0.25) is 5.78 Å². The summed E-state index contributed by atoms with van der Waals surface area (Å²) in [6, 6.07) is 10.8. The van der Waals surface area contributed by atoms with E-state index in [-0.39, 0.29) is 24.2 Å². The van der Waals surface area contributed by atoms with Gasteiger partial charge in [0.25, 0.3) is 0 Å². The lowest BCUT2D eigenvalue weighted by Crippen LogP contribution is -2.36. The number of benzene rings is 1. The summed E-state index contributed by atoms with van der Waals surface area (Å²) in [5, 5.41) is 11.5. The van der Waals surface area contributed by atoms with Gasteiger partial charge in [0, 0.05) is 19.5 Å². The zero-order valence-corrected chi connectivity index (χ0v) is 18.0. The molecule has 0 amide bonds. The van der Waals surface area contributed by atoms with Crippen LogP contribution >= 0.6 is 11.3 Å². The van der Waals surface area contributed by atoms with Crippen LogP contribution < -0.4 is 0 Å². The van der Waals surface area contributed by atoms with Crippen molar-refractivity contribution in [2.45, 2.75) is 12.8 Å². The molecule has 9 heteroatoms. The third kappa shape index (κ3) is 6.09. The smallest absolute Gasteiger partial charge is 0.306 e. The van der Waals surface area contributed by atoms with E-state index in [0.29, 0.717) is 42.4 Å². The van der Waals surface area contributed by atoms with Gasteiger partial charge in [-0.25, -0.2) is 4.39 Å². The van der Waals surface area contributed by atoms with Gasteiger partial charge in [0.05, 0.1) is 30.2 Å². The fraction of sp³-hybridized carbons (Fsp3) is 0.304. The third-order valence-corrected chi connectivity index (χ3v) is 5.70. The maximum atomic E-state index is 13.4. The maximum Gasteiger partial charge on any atom is 0.306 e. The Hall–Kier alpha value is -3.35. The number of hydrogen-bond donors (Lipinski definition) is 0. The van der Waals surface area contributed by atoms with Gasteiger partial charge in [-0.1, -0.05) is 6.07 Å². The topological polar surface area (TPSA) is 96.7 Å². The Morgan fingerprint density at radius 1 is 1.12 bits per heavy atom. The van der Waals surface area contributed by atoms with E-state index in [2.05, 4.69) is 0 Å². The lowest BCUT2D eigenvalue weighted by Gasteiger charge is -2.32. The minimum atomic E-state index is -0.699. The second kappa shape index (κ2) is 11.3. The fourth-order valence-electron chi connectivity index (χ4n) is 3.19. The van der Waals surface area contributed by atoms with Crippen LogP contribution in [0.4, 0.5) is 4.39 Å². The summed E-state index contributed by atoms with van der Waals surface area (Å²) in [4.78, 5) is 39.2. The summed E-state index contributed by atoms with van der Waals surface area (Å²) >= 11 is 1.29. The van der Waals surface area contributed by atoms with Gasteiger partial charge in [-0.05, 0) is 41.3 Å². The molecule has 0 aliphatic carbocycles. The predicted molar refractivity (Wildman–Crippen MR) is 115 cm³/mol. The van der Waals surface area contributed by atoms with Crippen LogP contribution in [0.15, 0.2) is 47.4 Å². The quantitative estimate of drug-likeness (QED) is 0.247. The summed E-state index contributed by atoms with van der Waals surface area (Å²) < 4.78 is 23.8. The van der Waals surface area contributed by atoms with E-state index in [0.717, 1.165) is 0 Å². The van der Waals surface area contributed by atoms with Crippen molar-refractivity contribution < 1.29 is 28.2 Å². The van der Waals surface area contributed by atoms with E-state index in [9.17, 15) is 24.0 Å². The lowest BCUT2D eigenvalue weighted by atomic mass is 10.0. The van der Waals surface area contributed by atoms with Gasteiger partial charge in [-0.15, -0.1) is 11.3 Å². The summed E-state index contributed by atoms with van der Waals surface area (Å²) in [5.41, 5.74) is 0.678. The molecule has 1 fully saturated rings. The first-order valence-corrected chi connectivity index (χ1v) is 10.9. The van der Waals surface area contributed by atoms with Crippen molar-refractivity contribution in [1.82, 2.24) is 4.90 Å². The van der Waals surface area contributed by atoms with Crippen LogP contribution in [0, 0.1) is 17.1 Å². The van der Waals surface area contributed by atoms with Crippen molar-refractivity contribution in [2.24, 2.45) is 0 Å². The van der Waals surface area contributed by atoms with Crippen LogP contribution in [-0.2, 0) is 19.1 Å². The average molecular weight is 456 g/mol. The molecule has 0 radical (unpaired) electrons.